The Morgan fingerprint density at radius 1 is 1.27 bits per heavy atom. The molecule has 0 aliphatic carbocycles. The number of carbonyl (C=O) groups is 1. The quantitative estimate of drug-likeness (QED) is 0.519. The van der Waals surface area contributed by atoms with Crippen LogP contribution in [0.3, 0.4) is 0 Å². The van der Waals surface area contributed by atoms with Crippen LogP contribution in [0, 0.1) is 5.41 Å². The molecular formula is C9H15NO. The largest absolute Gasteiger partial charge is 0.319 e. The third-order valence-electron chi connectivity index (χ3n) is 2.82. The zero-order valence-corrected chi connectivity index (χ0v) is 7.86. The van der Waals surface area contributed by atoms with Crippen LogP contribution in [0.15, 0.2) is 11.3 Å². The molecule has 0 aromatic rings. The Kier molecular flexibility index (Phi) is 1.58. The SMILES string of the molecule is CC1=C(C)C(C)(C)C(=O)N1C. The zero-order chi connectivity index (χ0) is 8.81. The molecule has 0 radical (unpaired) electrons. The molecule has 11 heavy (non-hydrogen) atoms. The number of carbonyl (C=O) groups excluding carboxylic acids is 1. The van der Waals surface area contributed by atoms with Crippen molar-refractivity contribution in [2.45, 2.75) is 27.7 Å². The van der Waals surface area contributed by atoms with E-state index in [1.165, 1.54) is 5.57 Å². The molecule has 1 rings (SSSR count). The lowest BCUT2D eigenvalue weighted by molar-refractivity contribution is -0.132. The van der Waals surface area contributed by atoms with Crippen LogP contribution < -0.4 is 0 Å². The molecule has 1 amide bonds. The van der Waals surface area contributed by atoms with Gasteiger partial charge in [0.15, 0.2) is 0 Å². The average Bonchev–Trinajstić information content (AvgIpc) is 2.06. The van der Waals surface area contributed by atoms with Crippen molar-refractivity contribution in [2.24, 2.45) is 5.41 Å². The van der Waals surface area contributed by atoms with Gasteiger partial charge in [-0.2, -0.15) is 0 Å². The second-order valence-electron chi connectivity index (χ2n) is 3.70. The summed E-state index contributed by atoms with van der Waals surface area (Å²) in [7, 11) is 1.83. The van der Waals surface area contributed by atoms with Crippen molar-refractivity contribution in [3.05, 3.63) is 11.3 Å². The van der Waals surface area contributed by atoms with Crippen LogP contribution in [0.5, 0.6) is 0 Å². The third kappa shape index (κ3) is 0.889. The first kappa shape index (κ1) is 8.31. The maximum atomic E-state index is 11.5. The molecule has 0 aromatic carbocycles. The Hall–Kier alpha value is -0.790. The van der Waals surface area contributed by atoms with Gasteiger partial charge in [-0.25, -0.2) is 0 Å². The van der Waals surface area contributed by atoms with Crippen molar-refractivity contribution in [1.82, 2.24) is 4.90 Å². The van der Waals surface area contributed by atoms with Gasteiger partial charge in [0, 0.05) is 12.7 Å². The van der Waals surface area contributed by atoms with E-state index in [0.29, 0.717) is 0 Å². The van der Waals surface area contributed by atoms with E-state index in [9.17, 15) is 4.79 Å². The first-order valence-corrected chi connectivity index (χ1v) is 3.85. The van der Waals surface area contributed by atoms with Gasteiger partial charge < -0.3 is 4.90 Å². The summed E-state index contributed by atoms with van der Waals surface area (Å²) in [4.78, 5) is 13.3. The van der Waals surface area contributed by atoms with Crippen LogP contribution in [0.4, 0.5) is 0 Å². The summed E-state index contributed by atoms with van der Waals surface area (Å²) in [6.07, 6.45) is 0. The molecule has 2 heteroatoms. The minimum absolute atomic E-state index is 0.201. The molecular weight excluding hydrogens is 138 g/mol. The molecule has 0 N–H and O–H groups in total. The molecule has 0 atom stereocenters. The smallest absolute Gasteiger partial charge is 0.236 e. The minimum atomic E-state index is -0.279. The van der Waals surface area contributed by atoms with Crippen molar-refractivity contribution < 1.29 is 4.79 Å². The standard InChI is InChI=1S/C9H15NO/c1-6-7(2)10(5)8(11)9(6,3)4/h1-5H3. The van der Waals surface area contributed by atoms with Gasteiger partial charge in [0.1, 0.15) is 0 Å². The maximum Gasteiger partial charge on any atom is 0.236 e. The number of allylic oxidation sites excluding steroid dienone is 1. The summed E-state index contributed by atoms with van der Waals surface area (Å²) in [5, 5.41) is 0. The number of rotatable bonds is 0. The number of amides is 1. The minimum Gasteiger partial charge on any atom is -0.319 e. The van der Waals surface area contributed by atoms with E-state index >= 15 is 0 Å². The molecule has 2 nitrogen and oxygen atoms in total. The van der Waals surface area contributed by atoms with Crippen LogP contribution in [0.25, 0.3) is 0 Å². The van der Waals surface area contributed by atoms with Crippen molar-refractivity contribution >= 4 is 5.91 Å². The molecule has 1 heterocycles. The van der Waals surface area contributed by atoms with Crippen molar-refractivity contribution in [2.75, 3.05) is 7.05 Å². The predicted molar refractivity (Wildman–Crippen MR) is 44.9 cm³/mol. The lowest BCUT2D eigenvalue weighted by atomic mass is 9.86. The summed E-state index contributed by atoms with van der Waals surface area (Å²) in [6.45, 7) is 7.95. The average molecular weight is 153 g/mol. The van der Waals surface area contributed by atoms with E-state index < -0.39 is 0 Å². The fourth-order valence-electron chi connectivity index (χ4n) is 1.44. The molecule has 0 spiro atoms. The van der Waals surface area contributed by atoms with Crippen LogP contribution in [0.2, 0.25) is 0 Å². The lowest BCUT2D eigenvalue weighted by Crippen LogP contribution is -2.29. The molecule has 0 saturated carbocycles. The number of nitrogens with zero attached hydrogens (tertiary/aromatic N) is 1. The van der Waals surface area contributed by atoms with Crippen LogP contribution in [-0.4, -0.2) is 17.9 Å². The molecule has 0 saturated heterocycles. The Morgan fingerprint density at radius 3 is 1.82 bits per heavy atom. The van der Waals surface area contributed by atoms with Crippen LogP contribution in [-0.2, 0) is 4.79 Å². The predicted octanol–water partition coefficient (Wildman–Crippen LogP) is 1.78. The van der Waals surface area contributed by atoms with Crippen molar-refractivity contribution in [3.63, 3.8) is 0 Å². The molecule has 62 valence electrons. The molecule has 1 aliphatic heterocycles. The lowest BCUT2D eigenvalue weighted by Gasteiger charge is -2.18. The van der Waals surface area contributed by atoms with Crippen molar-refractivity contribution in [1.29, 1.82) is 0 Å². The topological polar surface area (TPSA) is 20.3 Å². The Bertz CT molecular complexity index is 238. The van der Waals surface area contributed by atoms with Gasteiger partial charge in [0.2, 0.25) is 5.91 Å². The van der Waals surface area contributed by atoms with E-state index in [2.05, 4.69) is 0 Å². The third-order valence-corrected chi connectivity index (χ3v) is 2.82. The second kappa shape index (κ2) is 2.10. The number of hydrogen-bond donors (Lipinski definition) is 0. The van der Waals surface area contributed by atoms with E-state index in [1.807, 2.05) is 34.7 Å². The summed E-state index contributed by atoms with van der Waals surface area (Å²) in [5.74, 6) is 0.201. The van der Waals surface area contributed by atoms with Gasteiger partial charge in [-0.3, -0.25) is 4.79 Å². The van der Waals surface area contributed by atoms with Gasteiger partial charge in [-0.05, 0) is 33.3 Å². The Morgan fingerprint density at radius 2 is 1.73 bits per heavy atom. The first-order valence-electron chi connectivity index (χ1n) is 3.85. The first-order chi connectivity index (χ1) is 4.89. The highest BCUT2D eigenvalue weighted by Crippen LogP contribution is 2.37. The van der Waals surface area contributed by atoms with Gasteiger partial charge >= 0.3 is 0 Å². The van der Waals surface area contributed by atoms with Gasteiger partial charge in [0.25, 0.3) is 0 Å². The molecule has 0 bridgehead atoms. The fraction of sp³-hybridized carbons (Fsp3) is 0.667. The van der Waals surface area contributed by atoms with E-state index in [4.69, 9.17) is 0 Å². The highest BCUT2D eigenvalue weighted by molar-refractivity contribution is 5.89. The monoisotopic (exact) mass is 153 g/mol. The van der Waals surface area contributed by atoms with Crippen LogP contribution >= 0.6 is 0 Å². The summed E-state index contributed by atoms with van der Waals surface area (Å²) in [6, 6.07) is 0. The Balaban J connectivity index is 3.16. The normalized spacial score (nSPS) is 23.4. The zero-order valence-electron chi connectivity index (χ0n) is 7.86. The van der Waals surface area contributed by atoms with Gasteiger partial charge in [-0.1, -0.05) is 0 Å². The molecule has 1 aliphatic rings. The van der Waals surface area contributed by atoms with E-state index in [1.54, 1.807) is 4.90 Å². The van der Waals surface area contributed by atoms with E-state index in [-0.39, 0.29) is 11.3 Å². The summed E-state index contributed by atoms with van der Waals surface area (Å²) in [5.41, 5.74) is 2.00. The Labute approximate surface area is 67.9 Å². The molecule has 0 unspecified atom stereocenters. The van der Waals surface area contributed by atoms with E-state index in [0.717, 1.165) is 5.70 Å². The van der Waals surface area contributed by atoms with Gasteiger partial charge in [0.05, 0.1) is 5.41 Å². The number of hydrogen-bond acceptors (Lipinski definition) is 1. The second-order valence-corrected chi connectivity index (χ2v) is 3.70. The summed E-state index contributed by atoms with van der Waals surface area (Å²) < 4.78 is 0. The van der Waals surface area contributed by atoms with Crippen molar-refractivity contribution in [3.8, 4) is 0 Å². The van der Waals surface area contributed by atoms with Crippen LogP contribution in [0.1, 0.15) is 27.7 Å². The van der Waals surface area contributed by atoms with Gasteiger partial charge in [-0.15, -0.1) is 0 Å². The fourth-order valence-corrected chi connectivity index (χ4v) is 1.44. The highest BCUT2D eigenvalue weighted by atomic mass is 16.2. The highest BCUT2D eigenvalue weighted by Gasteiger charge is 2.40. The maximum absolute atomic E-state index is 11.5. The summed E-state index contributed by atoms with van der Waals surface area (Å²) >= 11 is 0. The molecule has 0 aromatic heterocycles. The molecule has 0 fully saturated rings.